The Kier molecular flexibility index (Phi) is 3.96. The molecule has 3 aliphatic heterocycles. The minimum atomic E-state index is 0.366. The Morgan fingerprint density at radius 1 is 1.18 bits per heavy atom. The van der Waals surface area contributed by atoms with Gasteiger partial charge < -0.3 is 19.7 Å². The Labute approximate surface area is 104 Å². The molecule has 0 bridgehead atoms. The third-order valence-corrected chi connectivity index (χ3v) is 4.43. The molecule has 0 aromatic carbocycles. The van der Waals surface area contributed by atoms with E-state index in [0.717, 1.165) is 25.6 Å². The predicted molar refractivity (Wildman–Crippen MR) is 65.9 cm³/mol. The monoisotopic (exact) mass is 240 g/mol. The molecule has 0 aromatic rings. The summed E-state index contributed by atoms with van der Waals surface area (Å²) >= 11 is 0. The molecule has 3 saturated heterocycles. The fourth-order valence-corrected chi connectivity index (χ4v) is 3.37. The summed E-state index contributed by atoms with van der Waals surface area (Å²) in [6.45, 7) is 4.96. The van der Waals surface area contributed by atoms with Crippen LogP contribution in [0, 0.1) is 0 Å². The molecule has 1 N–H and O–H groups in total. The minimum absolute atomic E-state index is 0.366. The van der Waals surface area contributed by atoms with Gasteiger partial charge in [0.1, 0.15) is 6.79 Å². The molecule has 0 amide bonds. The largest absolute Gasteiger partial charge is 0.355 e. The molecule has 0 aliphatic carbocycles. The Balaban J connectivity index is 1.40. The van der Waals surface area contributed by atoms with Crippen molar-refractivity contribution in [3.63, 3.8) is 0 Å². The molecule has 3 aliphatic rings. The highest BCUT2D eigenvalue weighted by Gasteiger charge is 2.31. The van der Waals surface area contributed by atoms with Crippen molar-refractivity contribution < 1.29 is 9.47 Å². The number of hydrogen-bond donors (Lipinski definition) is 1. The number of rotatable bonds is 3. The van der Waals surface area contributed by atoms with Crippen LogP contribution in [0.5, 0.6) is 0 Å². The van der Waals surface area contributed by atoms with Crippen LogP contribution >= 0.6 is 0 Å². The van der Waals surface area contributed by atoms with E-state index in [-0.39, 0.29) is 0 Å². The second-order valence-electron chi connectivity index (χ2n) is 5.57. The lowest BCUT2D eigenvalue weighted by Crippen LogP contribution is -2.48. The van der Waals surface area contributed by atoms with Gasteiger partial charge in [0, 0.05) is 18.6 Å². The van der Waals surface area contributed by atoms with Gasteiger partial charge in [-0.2, -0.15) is 0 Å². The van der Waals surface area contributed by atoms with Crippen LogP contribution in [0.15, 0.2) is 0 Å². The fourth-order valence-electron chi connectivity index (χ4n) is 3.37. The van der Waals surface area contributed by atoms with E-state index in [0.29, 0.717) is 18.9 Å². The average molecular weight is 240 g/mol. The van der Waals surface area contributed by atoms with Crippen LogP contribution in [0.2, 0.25) is 0 Å². The Morgan fingerprint density at radius 3 is 3.06 bits per heavy atom. The van der Waals surface area contributed by atoms with Crippen LogP contribution in [-0.2, 0) is 9.47 Å². The maximum Gasteiger partial charge on any atom is 0.147 e. The van der Waals surface area contributed by atoms with Gasteiger partial charge in [-0.05, 0) is 45.2 Å². The highest BCUT2D eigenvalue weighted by atomic mass is 16.7. The highest BCUT2D eigenvalue weighted by molar-refractivity contribution is 4.89. The summed E-state index contributed by atoms with van der Waals surface area (Å²) in [5.41, 5.74) is 0. The van der Waals surface area contributed by atoms with Gasteiger partial charge in [0.2, 0.25) is 0 Å². The van der Waals surface area contributed by atoms with Gasteiger partial charge in [-0.3, -0.25) is 0 Å². The van der Waals surface area contributed by atoms with Crippen LogP contribution in [0.25, 0.3) is 0 Å². The zero-order valence-electron chi connectivity index (χ0n) is 10.6. The standard InChI is InChI=1S/C13H24N2O2/c1-2-12-8-11(3-6-15(12)5-1)14-9-13-4-7-16-10-17-13/h11-14H,1-10H2. The molecule has 4 heteroatoms. The molecule has 17 heavy (non-hydrogen) atoms. The lowest BCUT2D eigenvalue weighted by molar-refractivity contribution is -0.137. The summed E-state index contributed by atoms with van der Waals surface area (Å²) in [5.74, 6) is 0. The lowest BCUT2D eigenvalue weighted by atomic mass is 9.97. The van der Waals surface area contributed by atoms with Crippen molar-refractivity contribution in [2.45, 2.75) is 50.3 Å². The van der Waals surface area contributed by atoms with Gasteiger partial charge in [-0.25, -0.2) is 0 Å². The quantitative estimate of drug-likeness (QED) is 0.797. The Morgan fingerprint density at radius 2 is 2.18 bits per heavy atom. The number of ether oxygens (including phenoxy) is 2. The molecule has 0 spiro atoms. The summed E-state index contributed by atoms with van der Waals surface area (Å²) in [5, 5.41) is 3.70. The van der Waals surface area contributed by atoms with Crippen LogP contribution < -0.4 is 5.32 Å². The van der Waals surface area contributed by atoms with Crippen molar-refractivity contribution in [3.05, 3.63) is 0 Å². The Bertz CT molecular complexity index is 244. The molecule has 3 unspecified atom stereocenters. The zero-order valence-corrected chi connectivity index (χ0v) is 10.6. The van der Waals surface area contributed by atoms with E-state index >= 15 is 0 Å². The number of hydrogen-bond acceptors (Lipinski definition) is 4. The van der Waals surface area contributed by atoms with Gasteiger partial charge >= 0.3 is 0 Å². The molecule has 0 saturated carbocycles. The number of piperidine rings is 1. The van der Waals surface area contributed by atoms with E-state index in [1.165, 1.54) is 38.8 Å². The summed E-state index contributed by atoms with van der Waals surface area (Å²) in [6.07, 6.45) is 6.86. The number of nitrogens with zero attached hydrogens (tertiary/aromatic N) is 1. The predicted octanol–water partition coefficient (Wildman–Crippen LogP) is 0.966. The van der Waals surface area contributed by atoms with Crippen molar-refractivity contribution in [2.24, 2.45) is 0 Å². The van der Waals surface area contributed by atoms with Gasteiger partial charge in [0.25, 0.3) is 0 Å². The van der Waals surface area contributed by atoms with Crippen LogP contribution in [-0.4, -0.2) is 56.1 Å². The summed E-state index contributed by atoms with van der Waals surface area (Å²) < 4.78 is 10.8. The van der Waals surface area contributed by atoms with Gasteiger partial charge in [-0.15, -0.1) is 0 Å². The summed E-state index contributed by atoms with van der Waals surface area (Å²) in [7, 11) is 0. The van der Waals surface area contributed by atoms with Crippen LogP contribution in [0.3, 0.4) is 0 Å². The van der Waals surface area contributed by atoms with E-state index in [1.807, 2.05) is 0 Å². The molecule has 98 valence electrons. The van der Waals surface area contributed by atoms with Crippen LogP contribution in [0.1, 0.15) is 32.1 Å². The van der Waals surface area contributed by atoms with Gasteiger partial charge in [0.15, 0.2) is 0 Å². The minimum Gasteiger partial charge on any atom is -0.355 e. The first-order valence-electron chi connectivity index (χ1n) is 7.08. The first-order valence-corrected chi connectivity index (χ1v) is 7.08. The van der Waals surface area contributed by atoms with E-state index in [2.05, 4.69) is 10.2 Å². The first kappa shape index (κ1) is 11.9. The molecule has 3 fully saturated rings. The zero-order chi connectivity index (χ0) is 11.5. The van der Waals surface area contributed by atoms with Crippen molar-refractivity contribution >= 4 is 0 Å². The average Bonchev–Trinajstić information content (AvgIpc) is 2.85. The highest BCUT2D eigenvalue weighted by Crippen LogP contribution is 2.26. The molecule has 4 nitrogen and oxygen atoms in total. The fraction of sp³-hybridized carbons (Fsp3) is 1.00. The van der Waals surface area contributed by atoms with Gasteiger partial charge in [0.05, 0.1) is 12.7 Å². The van der Waals surface area contributed by atoms with E-state index in [1.54, 1.807) is 0 Å². The molecule has 0 aromatic heterocycles. The van der Waals surface area contributed by atoms with Gasteiger partial charge in [-0.1, -0.05) is 0 Å². The second-order valence-corrected chi connectivity index (χ2v) is 5.57. The third kappa shape index (κ3) is 2.99. The number of nitrogens with one attached hydrogen (secondary N) is 1. The van der Waals surface area contributed by atoms with Crippen LogP contribution in [0.4, 0.5) is 0 Å². The first-order chi connectivity index (χ1) is 8.42. The topological polar surface area (TPSA) is 33.7 Å². The van der Waals surface area contributed by atoms with E-state index < -0.39 is 0 Å². The molecular formula is C13H24N2O2. The molecular weight excluding hydrogens is 216 g/mol. The molecule has 0 radical (unpaired) electrons. The summed E-state index contributed by atoms with van der Waals surface area (Å²) in [6, 6.07) is 1.57. The van der Waals surface area contributed by atoms with E-state index in [4.69, 9.17) is 9.47 Å². The lowest BCUT2D eigenvalue weighted by Gasteiger charge is -2.36. The normalized spacial score (nSPS) is 39.2. The number of fused-ring (bicyclic) bond motifs is 1. The molecule has 3 heterocycles. The van der Waals surface area contributed by atoms with Crippen molar-refractivity contribution in [1.29, 1.82) is 0 Å². The SMILES string of the molecule is C1CC2CC(NCC3CCOCO3)CCN2C1. The second kappa shape index (κ2) is 5.65. The third-order valence-electron chi connectivity index (χ3n) is 4.43. The van der Waals surface area contributed by atoms with E-state index in [9.17, 15) is 0 Å². The van der Waals surface area contributed by atoms with Crippen molar-refractivity contribution in [2.75, 3.05) is 33.0 Å². The molecule has 3 rings (SSSR count). The van der Waals surface area contributed by atoms with Crippen molar-refractivity contribution in [1.82, 2.24) is 10.2 Å². The maximum atomic E-state index is 5.56. The maximum absolute atomic E-state index is 5.56. The smallest absolute Gasteiger partial charge is 0.147 e. The molecule has 3 atom stereocenters. The summed E-state index contributed by atoms with van der Waals surface area (Å²) in [4.78, 5) is 2.67. The van der Waals surface area contributed by atoms with Crippen molar-refractivity contribution in [3.8, 4) is 0 Å². The Hall–Kier alpha value is -0.160.